The largest absolute Gasteiger partial charge is 0.379 e. The van der Waals surface area contributed by atoms with Crippen molar-refractivity contribution in [3.8, 4) is 0 Å². The van der Waals surface area contributed by atoms with E-state index in [1.807, 2.05) is 18.2 Å². The third-order valence-corrected chi connectivity index (χ3v) is 5.78. The molecule has 33 heavy (non-hydrogen) atoms. The van der Waals surface area contributed by atoms with Gasteiger partial charge in [-0.1, -0.05) is 26.0 Å². The lowest BCUT2D eigenvalue weighted by Gasteiger charge is -2.35. The fraction of sp³-hybridized carbons (Fsp3) is 0.360. The van der Waals surface area contributed by atoms with Crippen LogP contribution in [-0.4, -0.2) is 58.6 Å². The molecule has 2 aromatic heterocycles. The van der Waals surface area contributed by atoms with Gasteiger partial charge in [-0.05, 0) is 35.9 Å². The Bertz CT molecular complexity index is 1050. The molecule has 0 unspecified atom stereocenters. The Balaban J connectivity index is 1.39. The molecule has 172 valence electrons. The number of anilines is 2. The molecule has 3 aromatic rings. The Hall–Kier alpha value is -3.36. The summed E-state index contributed by atoms with van der Waals surface area (Å²) in [6.07, 6.45) is 4.83. The second kappa shape index (κ2) is 10.5. The van der Waals surface area contributed by atoms with Crippen molar-refractivity contribution in [3.63, 3.8) is 0 Å². The number of amides is 1. The number of ether oxygens (including phenoxy) is 1. The molecule has 8 nitrogen and oxygen atoms in total. The molecule has 1 fully saturated rings. The summed E-state index contributed by atoms with van der Waals surface area (Å²) in [5, 5.41) is 6.17. The zero-order valence-corrected chi connectivity index (χ0v) is 19.1. The summed E-state index contributed by atoms with van der Waals surface area (Å²) in [5.41, 5.74) is 3.28. The van der Waals surface area contributed by atoms with E-state index >= 15 is 0 Å². The average molecular weight is 447 g/mol. The molecular formula is C25H30N6O2. The summed E-state index contributed by atoms with van der Waals surface area (Å²) in [7, 11) is 0. The molecule has 0 atom stereocenters. The van der Waals surface area contributed by atoms with Crippen LogP contribution in [0.1, 0.15) is 35.5 Å². The second-order valence-corrected chi connectivity index (χ2v) is 8.76. The van der Waals surface area contributed by atoms with Gasteiger partial charge in [0, 0.05) is 43.1 Å². The highest BCUT2D eigenvalue weighted by molar-refractivity contribution is 6.07. The van der Waals surface area contributed by atoms with Gasteiger partial charge in [0.15, 0.2) is 0 Å². The van der Waals surface area contributed by atoms with Crippen LogP contribution in [0.25, 0.3) is 0 Å². The first-order valence-corrected chi connectivity index (χ1v) is 11.2. The van der Waals surface area contributed by atoms with Crippen LogP contribution in [0.3, 0.4) is 0 Å². The number of hydrogen-bond donors (Lipinski definition) is 2. The summed E-state index contributed by atoms with van der Waals surface area (Å²) < 4.78 is 5.46. The number of nitrogens with one attached hydrogen (secondary N) is 2. The summed E-state index contributed by atoms with van der Waals surface area (Å²) in [5.74, 6) is 0.297. The van der Waals surface area contributed by atoms with Gasteiger partial charge in [0.05, 0.1) is 31.0 Å². The molecule has 1 aliphatic heterocycles. The van der Waals surface area contributed by atoms with E-state index in [1.54, 1.807) is 24.5 Å². The molecule has 1 amide bonds. The standard InChI is InChI=1S/C25H30N6O2/c1-25(2,17-31-12-14-33-15-13-31)19-5-7-20(8-6-19)30-24(32)22-4-3-10-27-23(22)28-16-21-9-11-26-18-29-21/h3-11,18H,12-17H2,1-2H3,(H,27,28)(H,30,32). The zero-order chi connectivity index (χ0) is 23.1. The first-order chi connectivity index (χ1) is 16.0. The van der Waals surface area contributed by atoms with E-state index in [0.717, 1.165) is 44.2 Å². The van der Waals surface area contributed by atoms with Gasteiger partial charge in [0.2, 0.25) is 0 Å². The maximum absolute atomic E-state index is 13.0. The topological polar surface area (TPSA) is 92.3 Å². The quantitative estimate of drug-likeness (QED) is 0.548. The van der Waals surface area contributed by atoms with Gasteiger partial charge >= 0.3 is 0 Å². The Morgan fingerprint density at radius 3 is 2.58 bits per heavy atom. The summed E-state index contributed by atoms with van der Waals surface area (Å²) in [6, 6.07) is 13.4. The molecule has 0 aliphatic carbocycles. The van der Waals surface area contributed by atoms with Gasteiger partial charge < -0.3 is 15.4 Å². The molecule has 0 radical (unpaired) electrons. The molecule has 1 saturated heterocycles. The number of nitrogens with zero attached hydrogens (tertiary/aromatic N) is 4. The van der Waals surface area contributed by atoms with Crippen molar-refractivity contribution in [3.05, 3.63) is 78.0 Å². The predicted molar refractivity (Wildman–Crippen MR) is 128 cm³/mol. The number of pyridine rings is 1. The normalized spacial score (nSPS) is 14.6. The van der Waals surface area contributed by atoms with Gasteiger partial charge in [-0.2, -0.15) is 0 Å². The van der Waals surface area contributed by atoms with E-state index in [1.165, 1.54) is 11.9 Å². The van der Waals surface area contributed by atoms with Crippen LogP contribution in [0.15, 0.2) is 61.2 Å². The van der Waals surface area contributed by atoms with E-state index in [-0.39, 0.29) is 11.3 Å². The van der Waals surface area contributed by atoms with E-state index < -0.39 is 0 Å². The first-order valence-electron chi connectivity index (χ1n) is 11.2. The van der Waals surface area contributed by atoms with Crippen LogP contribution in [0, 0.1) is 0 Å². The maximum Gasteiger partial charge on any atom is 0.259 e. The molecule has 4 rings (SSSR count). The predicted octanol–water partition coefficient (Wildman–Crippen LogP) is 3.35. The van der Waals surface area contributed by atoms with Crippen LogP contribution in [-0.2, 0) is 16.7 Å². The van der Waals surface area contributed by atoms with Crippen molar-refractivity contribution in [2.24, 2.45) is 0 Å². The number of carbonyl (C=O) groups excluding carboxylic acids is 1. The summed E-state index contributed by atoms with van der Waals surface area (Å²) in [4.78, 5) is 27.8. The minimum atomic E-state index is -0.214. The lowest BCUT2D eigenvalue weighted by Crippen LogP contribution is -2.43. The molecule has 3 heterocycles. The SMILES string of the molecule is CC(C)(CN1CCOCC1)c1ccc(NC(=O)c2cccnc2NCc2ccncn2)cc1. The van der Waals surface area contributed by atoms with Crippen molar-refractivity contribution in [1.82, 2.24) is 19.9 Å². The van der Waals surface area contributed by atoms with E-state index in [0.29, 0.717) is 17.9 Å². The number of hydrogen-bond acceptors (Lipinski definition) is 7. The molecule has 0 spiro atoms. The van der Waals surface area contributed by atoms with E-state index in [4.69, 9.17) is 4.74 Å². The average Bonchev–Trinajstić information content (AvgIpc) is 2.84. The fourth-order valence-corrected chi connectivity index (χ4v) is 3.94. The first kappa shape index (κ1) is 22.8. The van der Waals surface area contributed by atoms with Crippen molar-refractivity contribution in [2.45, 2.75) is 25.8 Å². The van der Waals surface area contributed by atoms with Crippen LogP contribution < -0.4 is 10.6 Å². The molecule has 0 bridgehead atoms. The van der Waals surface area contributed by atoms with Gasteiger partial charge in [0.1, 0.15) is 12.1 Å². The van der Waals surface area contributed by atoms with Crippen molar-refractivity contribution >= 4 is 17.4 Å². The highest BCUT2D eigenvalue weighted by Gasteiger charge is 2.25. The third kappa shape index (κ3) is 6.12. The summed E-state index contributed by atoms with van der Waals surface area (Å²) in [6.45, 7) is 9.46. The van der Waals surface area contributed by atoms with E-state index in [2.05, 4.69) is 56.5 Å². The lowest BCUT2D eigenvalue weighted by molar-refractivity contribution is 0.0295. The number of carbonyl (C=O) groups is 1. The Morgan fingerprint density at radius 1 is 1.06 bits per heavy atom. The van der Waals surface area contributed by atoms with Crippen molar-refractivity contribution in [1.29, 1.82) is 0 Å². The number of rotatable bonds is 8. The molecule has 1 aromatic carbocycles. The molecule has 2 N–H and O–H groups in total. The molecule has 8 heteroatoms. The second-order valence-electron chi connectivity index (χ2n) is 8.76. The number of morpholine rings is 1. The number of aromatic nitrogens is 3. The lowest BCUT2D eigenvalue weighted by atomic mass is 9.84. The monoisotopic (exact) mass is 446 g/mol. The van der Waals surface area contributed by atoms with Gasteiger partial charge in [0.25, 0.3) is 5.91 Å². The van der Waals surface area contributed by atoms with Gasteiger partial charge in [-0.3, -0.25) is 9.69 Å². The number of benzene rings is 1. The van der Waals surface area contributed by atoms with Crippen LogP contribution in [0.2, 0.25) is 0 Å². The summed E-state index contributed by atoms with van der Waals surface area (Å²) >= 11 is 0. The van der Waals surface area contributed by atoms with Crippen molar-refractivity contribution in [2.75, 3.05) is 43.5 Å². The Kier molecular flexibility index (Phi) is 7.26. The molecule has 0 saturated carbocycles. The van der Waals surface area contributed by atoms with Gasteiger partial charge in [-0.15, -0.1) is 0 Å². The van der Waals surface area contributed by atoms with Crippen LogP contribution >= 0.6 is 0 Å². The Morgan fingerprint density at radius 2 is 1.85 bits per heavy atom. The maximum atomic E-state index is 13.0. The zero-order valence-electron chi connectivity index (χ0n) is 19.1. The van der Waals surface area contributed by atoms with Crippen LogP contribution in [0.5, 0.6) is 0 Å². The third-order valence-electron chi connectivity index (χ3n) is 5.78. The minimum absolute atomic E-state index is 0.00130. The molecular weight excluding hydrogens is 416 g/mol. The highest BCUT2D eigenvalue weighted by Crippen LogP contribution is 2.26. The van der Waals surface area contributed by atoms with Crippen LogP contribution in [0.4, 0.5) is 11.5 Å². The Labute approximate surface area is 194 Å². The van der Waals surface area contributed by atoms with Gasteiger partial charge in [-0.25, -0.2) is 15.0 Å². The van der Waals surface area contributed by atoms with E-state index in [9.17, 15) is 4.79 Å². The van der Waals surface area contributed by atoms with Crippen molar-refractivity contribution < 1.29 is 9.53 Å². The highest BCUT2D eigenvalue weighted by atomic mass is 16.5. The molecule has 1 aliphatic rings. The fourth-order valence-electron chi connectivity index (χ4n) is 3.94. The minimum Gasteiger partial charge on any atom is -0.379 e. The smallest absolute Gasteiger partial charge is 0.259 e.